The third kappa shape index (κ3) is 2.92. The van der Waals surface area contributed by atoms with Gasteiger partial charge in [0.2, 0.25) is 0 Å². The lowest BCUT2D eigenvalue weighted by molar-refractivity contribution is 0.527. The number of aryl methyl sites for hydroxylation is 1. The zero-order valence-corrected chi connectivity index (χ0v) is 11.2. The van der Waals surface area contributed by atoms with Crippen LogP contribution in [0.1, 0.15) is 31.1 Å². The Labute approximate surface area is 111 Å². The van der Waals surface area contributed by atoms with Crippen LogP contribution >= 0.6 is 0 Å². The van der Waals surface area contributed by atoms with Crippen molar-refractivity contribution in [2.45, 2.75) is 33.4 Å². The molecule has 0 saturated heterocycles. The van der Waals surface area contributed by atoms with Crippen molar-refractivity contribution in [3.05, 3.63) is 47.3 Å². The van der Waals surface area contributed by atoms with Crippen LogP contribution in [0.5, 0.6) is 0 Å². The second-order valence-electron chi connectivity index (χ2n) is 4.79. The summed E-state index contributed by atoms with van der Waals surface area (Å²) in [5, 5.41) is 7.08. The molecule has 19 heavy (non-hydrogen) atoms. The summed E-state index contributed by atoms with van der Waals surface area (Å²) in [6.07, 6.45) is 1.85. The molecule has 0 spiro atoms. The van der Waals surface area contributed by atoms with Gasteiger partial charge in [-0.05, 0) is 38.5 Å². The van der Waals surface area contributed by atoms with E-state index in [-0.39, 0.29) is 18.3 Å². The van der Waals surface area contributed by atoms with Crippen LogP contribution in [0, 0.1) is 18.6 Å². The summed E-state index contributed by atoms with van der Waals surface area (Å²) in [6, 6.07) is 4.77. The van der Waals surface area contributed by atoms with Crippen molar-refractivity contribution in [3.63, 3.8) is 0 Å². The summed E-state index contributed by atoms with van der Waals surface area (Å²) in [7, 11) is 0. The third-order valence-electron chi connectivity index (χ3n) is 2.92. The molecule has 2 rings (SSSR count). The smallest absolute Gasteiger partial charge is 0.152 e. The number of hydrogen-bond acceptors (Lipinski definition) is 2. The molecule has 102 valence electrons. The van der Waals surface area contributed by atoms with Gasteiger partial charge in [0.1, 0.15) is 11.5 Å². The van der Waals surface area contributed by atoms with Crippen molar-refractivity contribution in [1.82, 2.24) is 9.78 Å². The van der Waals surface area contributed by atoms with E-state index in [1.54, 1.807) is 11.6 Å². The number of anilines is 1. The summed E-state index contributed by atoms with van der Waals surface area (Å²) < 4.78 is 29.1. The highest BCUT2D eigenvalue weighted by Gasteiger charge is 2.11. The maximum atomic E-state index is 13.8. The van der Waals surface area contributed by atoms with Gasteiger partial charge in [0.15, 0.2) is 5.82 Å². The van der Waals surface area contributed by atoms with Crippen molar-refractivity contribution in [3.8, 4) is 0 Å². The Hall–Kier alpha value is -1.91. The predicted molar refractivity (Wildman–Crippen MR) is 71.0 cm³/mol. The van der Waals surface area contributed by atoms with Crippen LogP contribution in [0.3, 0.4) is 0 Å². The minimum Gasteiger partial charge on any atom is -0.375 e. The number of nitrogens with zero attached hydrogens (tertiary/aromatic N) is 2. The van der Waals surface area contributed by atoms with Gasteiger partial charge in [0, 0.05) is 12.2 Å². The van der Waals surface area contributed by atoms with Gasteiger partial charge in [-0.15, -0.1) is 0 Å². The van der Waals surface area contributed by atoms with Gasteiger partial charge in [0.05, 0.1) is 12.2 Å². The Kier molecular flexibility index (Phi) is 3.83. The topological polar surface area (TPSA) is 29.9 Å². The van der Waals surface area contributed by atoms with Gasteiger partial charge in [-0.2, -0.15) is 5.10 Å². The number of benzene rings is 1. The fourth-order valence-electron chi connectivity index (χ4n) is 1.76. The second-order valence-corrected chi connectivity index (χ2v) is 4.79. The molecule has 1 heterocycles. The normalized spacial score (nSPS) is 11.1. The molecule has 2 aromatic rings. The van der Waals surface area contributed by atoms with Gasteiger partial charge in [-0.25, -0.2) is 8.78 Å². The molecule has 5 heteroatoms. The van der Waals surface area contributed by atoms with E-state index >= 15 is 0 Å². The number of hydrogen-bond donors (Lipinski definition) is 1. The fraction of sp³-hybridized carbons (Fsp3) is 0.357. The number of halogens is 2. The van der Waals surface area contributed by atoms with Crippen molar-refractivity contribution in [2.75, 3.05) is 5.32 Å². The van der Waals surface area contributed by atoms with Gasteiger partial charge in [-0.3, -0.25) is 4.68 Å². The molecule has 0 radical (unpaired) electrons. The van der Waals surface area contributed by atoms with E-state index in [2.05, 4.69) is 10.4 Å². The van der Waals surface area contributed by atoms with Gasteiger partial charge in [0.25, 0.3) is 0 Å². The van der Waals surface area contributed by atoms with Crippen molar-refractivity contribution < 1.29 is 8.78 Å². The van der Waals surface area contributed by atoms with E-state index in [1.165, 1.54) is 12.1 Å². The van der Waals surface area contributed by atoms with Crippen LogP contribution in [0.2, 0.25) is 0 Å². The molecule has 0 bridgehead atoms. The van der Waals surface area contributed by atoms with Crippen molar-refractivity contribution in [2.24, 2.45) is 0 Å². The summed E-state index contributed by atoms with van der Waals surface area (Å²) in [6.45, 7) is 5.93. The Balaban J connectivity index is 2.12. The summed E-state index contributed by atoms with van der Waals surface area (Å²) in [5.74, 6) is -1.14. The molecule has 1 aromatic carbocycles. The first-order valence-electron chi connectivity index (χ1n) is 6.21. The third-order valence-corrected chi connectivity index (χ3v) is 2.92. The monoisotopic (exact) mass is 265 g/mol. The van der Waals surface area contributed by atoms with Crippen molar-refractivity contribution >= 4 is 5.69 Å². The quantitative estimate of drug-likeness (QED) is 0.914. The lowest BCUT2D eigenvalue weighted by Crippen LogP contribution is -2.07. The Morgan fingerprint density at radius 1 is 1.26 bits per heavy atom. The first kappa shape index (κ1) is 13.5. The molecule has 0 amide bonds. The molecule has 0 aliphatic heterocycles. The first-order valence-corrected chi connectivity index (χ1v) is 6.21. The fourth-order valence-corrected chi connectivity index (χ4v) is 1.76. The van der Waals surface area contributed by atoms with E-state index in [1.807, 2.05) is 26.1 Å². The molecule has 0 saturated carbocycles. The van der Waals surface area contributed by atoms with Crippen molar-refractivity contribution in [1.29, 1.82) is 0 Å². The average Bonchev–Trinajstić information content (AvgIpc) is 2.83. The first-order chi connectivity index (χ1) is 8.99. The van der Waals surface area contributed by atoms with E-state index in [0.717, 1.165) is 5.69 Å². The summed E-state index contributed by atoms with van der Waals surface area (Å²) in [5.41, 5.74) is 1.06. The second kappa shape index (κ2) is 5.38. The number of rotatable bonds is 4. The Bertz CT molecular complexity index is 576. The van der Waals surface area contributed by atoms with E-state index < -0.39 is 11.6 Å². The molecule has 1 N–H and O–H groups in total. The number of nitrogens with one attached hydrogen (secondary N) is 1. The maximum Gasteiger partial charge on any atom is 0.152 e. The van der Waals surface area contributed by atoms with Gasteiger partial charge in [-0.1, -0.05) is 6.07 Å². The molecule has 0 fully saturated rings. The van der Waals surface area contributed by atoms with Crippen LogP contribution in [-0.4, -0.2) is 9.78 Å². The van der Waals surface area contributed by atoms with E-state index in [0.29, 0.717) is 5.56 Å². The zero-order valence-electron chi connectivity index (χ0n) is 11.2. The minimum absolute atomic E-state index is 0.0981. The highest BCUT2D eigenvalue weighted by Crippen LogP contribution is 2.22. The predicted octanol–water partition coefficient (Wildman–Crippen LogP) is 3.66. The Morgan fingerprint density at radius 3 is 2.63 bits per heavy atom. The van der Waals surface area contributed by atoms with Crippen LogP contribution in [-0.2, 0) is 6.54 Å². The zero-order chi connectivity index (χ0) is 14.0. The Morgan fingerprint density at radius 2 is 2.00 bits per heavy atom. The van der Waals surface area contributed by atoms with Crippen LogP contribution in [0.25, 0.3) is 0 Å². The SMILES string of the molecule is Cc1ccc(F)c(NCc2ccn(C(C)C)n2)c1F. The number of aromatic nitrogens is 2. The standard InChI is InChI=1S/C14H17F2N3/c1-9(2)19-7-6-11(18-19)8-17-14-12(15)5-4-10(3)13(14)16/h4-7,9,17H,8H2,1-3H3. The summed E-state index contributed by atoms with van der Waals surface area (Å²) in [4.78, 5) is 0. The van der Waals surface area contributed by atoms with E-state index in [9.17, 15) is 8.78 Å². The minimum atomic E-state index is -0.591. The molecular formula is C14H17F2N3. The van der Waals surface area contributed by atoms with Crippen LogP contribution < -0.4 is 5.32 Å². The lowest BCUT2D eigenvalue weighted by atomic mass is 10.2. The largest absolute Gasteiger partial charge is 0.375 e. The summed E-state index contributed by atoms with van der Waals surface area (Å²) >= 11 is 0. The molecule has 0 aliphatic rings. The maximum absolute atomic E-state index is 13.8. The van der Waals surface area contributed by atoms with E-state index in [4.69, 9.17) is 0 Å². The van der Waals surface area contributed by atoms with Gasteiger partial charge >= 0.3 is 0 Å². The average molecular weight is 265 g/mol. The molecule has 0 aliphatic carbocycles. The highest BCUT2D eigenvalue weighted by atomic mass is 19.1. The van der Waals surface area contributed by atoms with Gasteiger partial charge < -0.3 is 5.32 Å². The van der Waals surface area contributed by atoms with Crippen LogP contribution in [0.15, 0.2) is 24.4 Å². The molecule has 0 atom stereocenters. The molecule has 3 nitrogen and oxygen atoms in total. The van der Waals surface area contributed by atoms with Crippen LogP contribution in [0.4, 0.5) is 14.5 Å². The highest BCUT2D eigenvalue weighted by molar-refractivity contribution is 5.49. The lowest BCUT2D eigenvalue weighted by Gasteiger charge is -2.09. The molecule has 1 aromatic heterocycles. The molecule has 0 unspecified atom stereocenters. The molecular weight excluding hydrogens is 248 g/mol.